The second-order valence-electron chi connectivity index (χ2n) is 5.52. The second-order valence-corrected chi connectivity index (χ2v) is 5.52. The van der Waals surface area contributed by atoms with E-state index in [4.69, 9.17) is 4.74 Å². The molecule has 1 aliphatic heterocycles. The number of methoxy groups -OCH3 is 1. The van der Waals surface area contributed by atoms with Crippen molar-refractivity contribution in [3.63, 3.8) is 0 Å². The number of aliphatic hydroxyl groups is 1. The maximum atomic E-state index is 9.52. The van der Waals surface area contributed by atoms with E-state index in [9.17, 15) is 5.11 Å². The average molecular weight is 264 g/mol. The molecule has 1 aliphatic rings. The molecule has 0 bridgehead atoms. The molecule has 2 atom stereocenters. The predicted molar refractivity (Wildman–Crippen MR) is 76.6 cm³/mol. The minimum Gasteiger partial charge on any atom is -0.394 e. The molecule has 4 heteroatoms. The van der Waals surface area contributed by atoms with Gasteiger partial charge in [-0.2, -0.15) is 0 Å². The summed E-state index contributed by atoms with van der Waals surface area (Å²) in [6, 6.07) is 4.35. The molecule has 1 fully saturated rings. The van der Waals surface area contributed by atoms with E-state index in [2.05, 4.69) is 35.9 Å². The van der Waals surface area contributed by atoms with Crippen molar-refractivity contribution in [3.05, 3.63) is 24.0 Å². The maximum Gasteiger partial charge on any atom is 0.0747 e. The minimum absolute atomic E-state index is 0.179. The van der Waals surface area contributed by atoms with Crippen LogP contribution in [-0.4, -0.2) is 42.5 Å². The van der Waals surface area contributed by atoms with Gasteiger partial charge < -0.3 is 14.7 Å². The fourth-order valence-electron chi connectivity index (χ4n) is 2.60. The molecule has 19 heavy (non-hydrogen) atoms. The van der Waals surface area contributed by atoms with Crippen LogP contribution in [0, 0.1) is 0 Å². The summed E-state index contributed by atoms with van der Waals surface area (Å²) in [5, 5.41) is 9.52. The van der Waals surface area contributed by atoms with E-state index < -0.39 is 0 Å². The second kappa shape index (κ2) is 6.35. The van der Waals surface area contributed by atoms with Crippen molar-refractivity contribution in [3.8, 4) is 0 Å². The highest BCUT2D eigenvalue weighted by molar-refractivity contribution is 5.46. The number of ether oxygens (including phenoxy) is 1. The molecule has 1 aromatic heterocycles. The zero-order valence-electron chi connectivity index (χ0n) is 12.0. The first-order valence-corrected chi connectivity index (χ1v) is 7.02. The summed E-state index contributed by atoms with van der Waals surface area (Å²) in [4.78, 5) is 6.73. The van der Waals surface area contributed by atoms with Gasteiger partial charge in [-0.3, -0.25) is 4.98 Å². The van der Waals surface area contributed by atoms with E-state index in [1.165, 1.54) is 0 Å². The summed E-state index contributed by atoms with van der Waals surface area (Å²) in [5.74, 6) is 0.441. The van der Waals surface area contributed by atoms with E-state index >= 15 is 0 Å². The van der Waals surface area contributed by atoms with Crippen molar-refractivity contribution >= 4 is 5.69 Å². The number of hydrogen-bond acceptors (Lipinski definition) is 4. The topological polar surface area (TPSA) is 45.6 Å². The molecular formula is C15H24N2O2. The molecule has 4 nitrogen and oxygen atoms in total. The van der Waals surface area contributed by atoms with Crippen molar-refractivity contribution in [1.82, 2.24) is 4.98 Å². The summed E-state index contributed by atoms with van der Waals surface area (Å²) >= 11 is 0. The van der Waals surface area contributed by atoms with Gasteiger partial charge in [-0.1, -0.05) is 13.8 Å². The fraction of sp³-hybridized carbons (Fsp3) is 0.667. The Morgan fingerprint density at radius 2 is 2.21 bits per heavy atom. The number of pyridine rings is 1. The first kappa shape index (κ1) is 14.3. The Balaban J connectivity index is 2.16. The lowest BCUT2D eigenvalue weighted by molar-refractivity contribution is 0.0744. The number of anilines is 1. The number of rotatable bonds is 4. The third-order valence-electron chi connectivity index (χ3n) is 3.90. The Morgan fingerprint density at radius 1 is 1.42 bits per heavy atom. The monoisotopic (exact) mass is 264 g/mol. The fourth-order valence-corrected chi connectivity index (χ4v) is 2.60. The van der Waals surface area contributed by atoms with Crippen LogP contribution in [0.1, 0.15) is 38.3 Å². The van der Waals surface area contributed by atoms with E-state index in [0.29, 0.717) is 5.92 Å². The van der Waals surface area contributed by atoms with Crippen LogP contribution in [-0.2, 0) is 4.74 Å². The van der Waals surface area contributed by atoms with Crippen molar-refractivity contribution in [1.29, 1.82) is 0 Å². The van der Waals surface area contributed by atoms with Crippen LogP contribution >= 0.6 is 0 Å². The maximum absolute atomic E-state index is 9.52. The van der Waals surface area contributed by atoms with Crippen molar-refractivity contribution in [2.75, 3.05) is 25.2 Å². The Hall–Kier alpha value is -1.13. The molecule has 1 N–H and O–H groups in total. The highest BCUT2D eigenvalue weighted by Crippen LogP contribution is 2.26. The lowest BCUT2D eigenvalue weighted by Crippen LogP contribution is -2.48. The molecule has 1 aromatic rings. The average Bonchev–Trinajstić information content (AvgIpc) is 2.46. The van der Waals surface area contributed by atoms with E-state index in [-0.39, 0.29) is 18.8 Å². The number of aromatic nitrogens is 1. The molecular weight excluding hydrogens is 240 g/mol. The zero-order chi connectivity index (χ0) is 13.8. The third-order valence-corrected chi connectivity index (χ3v) is 3.90. The predicted octanol–water partition coefficient (Wildman–Crippen LogP) is 2.18. The van der Waals surface area contributed by atoms with Gasteiger partial charge in [-0.05, 0) is 30.9 Å². The number of hydrogen-bond donors (Lipinski definition) is 1. The van der Waals surface area contributed by atoms with Gasteiger partial charge in [0.15, 0.2) is 0 Å². The Bertz CT molecular complexity index is 392. The Labute approximate surface area is 115 Å². The van der Waals surface area contributed by atoms with Crippen LogP contribution in [0.4, 0.5) is 5.69 Å². The largest absolute Gasteiger partial charge is 0.394 e. The van der Waals surface area contributed by atoms with Crippen molar-refractivity contribution in [2.24, 2.45) is 0 Å². The van der Waals surface area contributed by atoms with Crippen LogP contribution in [0.15, 0.2) is 18.3 Å². The standard InChI is InChI=1S/C15H24N2O2/c1-11(2)15-7-5-12(8-16-15)17-9-14(19-3)6-4-13(17)10-18/h5,7-8,11,13-14,18H,4,6,9-10H2,1-3H3/t13-,14-/m0/s1. The van der Waals surface area contributed by atoms with Gasteiger partial charge in [-0.25, -0.2) is 0 Å². The highest BCUT2D eigenvalue weighted by Gasteiger charge is 2.28. The molecule has 0 aliphatic carbocycles. The van der Waals surface area contributed by atoms with E-state index in [0.717, 1.165) is 30.8 Å². The molecule has 2 heterocycles. The number of nitrogens with zero attached hydrogens (tertiary/aromatic N) is 2. The summed E-state index contributed by atoms with van der Waals surface area (Å²) in [7, 11) is 1.75. The van der Waals surface area contributed by atoms with Gasteiger partial charge in [0.05, 0.1) is 30.6 Å². The highest BCUT2D eigenvalue weighted by atomic mass is 16.5. The van der Waals surface area contributed by atoms with Gasteiger partial charge in [-0.15, -0.1) is 0 Å². The SMILES string of the molecule is CO[C@H]1CC[C@@H](CO)N(c2ccc(C(C)C)nc2)C1. The zero-order valence-corrected chi connectivity index (χ0v) is 12.0. The smallest absolute Gasteiger partial charge is 0.0747 e. The lowest BCUT2D eigenvalue weighted by Gasteiger charge is -2.39. The summed E-state index contributed by atoms with van der Waals surface area (Å²) in [5.41, 5.74) is 2.18. The van der Waals surface area contributed by atoms with Gasteiger partial charge in [0.25, 0.3) is 0 Å². The van der Waals surface area contributed by atoms with Crippen LogP contribution in [0.2, 0.25) is 0 Å². The first-order valence-electron chi connectivity index (χ1n) is 7.02. The number of piperidine rings is 1. The van der Waals surface area contributed by atoms with Gasteiger partial charge in [0.2, 0.25) is 0 Å². The Kier molecular flexibility index (Phi) is 4.77. The van der Waals surface area contributed by atoms with Crippen molar-refractivity contribution in [2.45, 2.75) is 44.8 Å². The molecule has 0 saturated carbocycles. The molecule has 0 aromatic carbocycles. The van der Waals surface area contributed by atoms with Crippen LogP contribution in [0.3, 0.4) is 0 Å². The van der Waals surface area contributed by atoms with Gasteiger partial charge >= 0.3 is 0 Å². The van der Waals surface area contributed by atoms with Crippen LogP contribution in [0.5, 0.6) is 0 Å². The van der Waals surface area contributed by atoms with E-state index in [1.54, 1.807) is 7.11 Å². The molecule has 0 spiro atoms. The molecule has 2 rings (SSSR count). The normalized spacial score (nSPS) is 23.9. The minimum atomic E-state index is 0.179. The molecule has 1 saturated heterocycles. The van der Waals surface area contributed by atoms with Crippen molar-refractivity contribution < 1.29 is 9.84 Å². The summed E-state index contributed by atoms with van der Waals surface area (Å²) in [6.07, 6.45) is 4.12. The summed E-state index contributed by atoms with van der Waals surface area (Å²) < 4.78 is 5.45. The lowest BCUT2D eigenvalue weighted by atomic mass is 9.99. The molecule has 0 radical (unpaired) electrons. The molecule has 106 valence electrons. The van der Waals surface area contributed by atoms with Crippen LogP contribution in [0.25, 0.3) is 0 Å². The molecule has 0 unspecified atom stereocenters. The van der Waals surface area contributed by atoms with Gasteiger partial charge in [0, 0.05) is 19.3 Å². The van der Waals surface area contributed by atoms with E-state index in [1.807, 2.05) is 6.20 Å². The Morgan fingerprint density at radius 3 is 2.74 bits per heavy atom. The molecule has 0 amide bonds. The van der Waals surface area contributed by atoms with Crippen LogP contribution < -0.4 is 4.90 Å². The summed E-state index contributed by atoms with van der Waals surface area (Å²) in [6.45, 7) is 5.29. The third kappa shape index (κ3) is 3.25. The van der Waals surface area contributed by atoms with Gasteiger partial charge in [0.1, 0.15) is 0 Å². The number of aliphatic hydroxyl groups excluding tert-OH is 1. The quantitative estimate of drug-likeness (QED) is 0.905. The first-order chi connectivity index (χ1) is 9.15.